The van der Waals surface area contributed by atoms with E-state index in [0.29, 0.717) is 23.9 Å². The van der Waals surface area contributed by atoms with Gasteiger partial charge in [0.15, 0.2) is 0 Å². The van der Waals surface area contributed by atoms with Crippen molar-refractivity contribution < 1.29 is 19.0 Å². The number of nitrogens with zero attached hydrogens (tertiary/aromatic N) is 1. The fraction of sp³-hybridized carbons (Fsp3) is 0.458. The Morgan fingerprint density at radius 2 is 2.03 bits per heavy atom. The molecule has 0 aliphatic carbocycles. The molecule has 1 saturated heterocycles. The monoisotopic (exact) mass is 429 g/mol. The SMILES string of the molecule is COc1cccc(NC(=O)N[C@H](C)[C@H](O)CN2CCC(c3ccc(F)cc3)CC2C)c1. The van der Waals surface area contributed by atoms with Crippen LogP contribution in [-0.4, -0.2) is 54.4 Å². The highest BCUT2D eigenvalue weighted by Crippen LogP contribution is 2.31. The summed E-state index contributed by atoms with van der Waals surface area (Å²) in [7, 11) is 1.57. The summed E-state index contributed by atoms with van der Waals surface area (Å²) in [6, 6.07) is 13.4. The number of hydrogen-bond acceptors (Lipinski definition) is 4. The molecule has 2 aromatic rings. The highest BCUT2D eigenvalue weighted by atomic mass is 19.1. The van der Waals surface area contributed by atoms with Crippen molar-refractivity contribution in [1.82, 2.24) is 10.2 Å². The van der Waals surface area contributed by atoms with E-state index < -0.39 is 12.1 Å². The molecule has 3 rings (SSSR count). The van der Waals surface area contributed by atoms with Crippen LogP contribution >= 0.6 is 0 Å². The smallest absolute Gasteiger partial charge is 0.319 e. The number of aliphatic hydroxyl groups is 1. The van der Waals surface area contributed by atoms with Crippen molar-refractivity contribution in [3.8, 4) is 5.75 Å². The van der Waals surface area contributed by atoms with Gasteiger partial charge in [-0.05, 0) is 69.0 Å². The number of carbonyl (C=O) groups is 1. The Balaban J connectivity index is 1.47. The van der Waals surface area contributed by atoms with Gasteiger partial charge in [-0.3, -0.25) is 4.90 Å². The molecule has 2 aromatic carbocycles. The zero-order valence-electron chi connectivity index (χ0n) is 18.3. The molecular weight excluding hydrogens is 397 g/mol. The van der Waals surface area contributed by atoms with E-state index in [1.165, 1.54) is 12.1 Å². The predicted octanol–water partition coefficient (Wildman–Crippen LogP) is 3.97. The summed E-state index contributed by atoms with van der Waals surface area (Å²) in [6.07, 6.45) is 1.22. The summed E-state index contributed by atoms with van der Waals surface area (Å²) in [5.74, 6) is 0.839. The highest BCUT2D eigenvalue weighted by Gasteiger charge is 2.29. The number of piperidine rings is 1. The molecule has 1 aliphatic rings. The number of benzene rings is 2. The van der Waals surface area contributed by atoms with Gasteiger partial charge in [-0.1, -0.05) is 18.2 Å². The molecule has 1 fully saturated rings. The third-order valence-corrected chi connectivity index (χ3v) is 6.04. The van der Waals surface area contributed by atoms with Crippen LogP contribution in [-0.2, 0) is 0 Å². The molecule has 2 unspecified atom stereocenters. The minimum absolute atomic E-state index is 0.214. The number of nitrogens with one attached hydrogen (secondary N) is 2. The number of aliphatic hydroxyl groups excluding tert-OH is 1. The van der Waals surface area contributed by atoms with Crippen molar-refractivity contribution in [2.45, 2.75) is 50.8 Å². The van der Waals surface area contributed by atoms with Crippen molar-refractivity contribution in [3.05, 3.63) is 59.9 Å². The topological polar surface area (TPSA) is 73.8 Å². The van der Waals surface area contributed by atoms with Crippen LogP contribution in [0.1, 0.15) is 38.2 Å². The fourth-order valence-corrected chi connectivity index (χ4v) is 4.10. The number of ether oxygens (including phenoxy) is 1. The first-order valence-electron chi connectivity index (χ1n) is 10.7. The summed E-state index contributed by atoms with van der Waals surface area (Å²) in [4.78, 5) is 14.5. The lowest BCUT2D eigenvalue weighted by molar-refractivity contribution is 0.0522. The third kappa shape index (κ3) is 6.42. The number of rotatable bonds is 7. The van der Waals surface area contributed by atoms with E-state index in [1.807, 2.05) is 12.1 Å². The summed E-state index contributed by atoms with van der Waals surface area (Å²) in [6.45, 7) is 5.28. The van der Waals surface area contributed by atoms with Crippen LogP contribution in [0.4, 0.5) is 14.9 Å². The second-order valence-corrected chi connectivity index (χ2v) is 8.30. The van der Waals surface area contributed by atoms with Crippen molar-refractivity contribution in [2.75, 3.05) is 25.5 Å². The standard InChI is InChI=1S/C24H32FN3O3/c1-16-13-19(18-7-9-20(25)10-8-18)11-12-28(16)15-23(29)17(2)26-24(30)27-21-5-4-6-22(14-21)31-3/h4-10,14,16-17,19,23,29H,11-13,15H2,1-3H3,(H2,26,27,30)/t16?,17-,19?,23-/m1/s1. The lowest BCUT2D eigenvalue weighted by Gasteiger charge is -2.39. The summed E-state index contributed by atoms with van der Waals surface area (Å²) in [5, 5.41) is 16.2. The molecule has 31 heavy (non-hydrogen) atoms. The summed E-state index contributed by atoms with van der Waals surface area (Å²) < 4.78 is 18.3. The number of urea groups is 1. The van der Waals surface area contributed by atoms with Gasteiger partial charge in [0.25, 0.3) is 0 Å². The second kappa shape index (κ2) is 10.6. The van der Waals surface area contributed by atoms with E-state index in [4.69, 9.17) is 4.74 Å². The van der Waals surface area contributed by atoms with Crippen LogP contribution in [0.25, 0.3) is 0 Å². The molecule has 1 aliphatic heterocycles. The Morgan fingerprint density at radius 3 is 2.71 bits per heavy atom. The zero-order chi connectivity index (χ0) is 22.4. The van der Waals surface area contributed by atoms with E-state index in [9.17, 15) is 14.3 Å². The number of β-amino-alcohol motifs (C(OH)–C–C–N with tert-alkyl or cyclic N) is 1. The summed E-state index contributed by atoms with van der Waals surface area (Å²) in [5.41, 5.74) is 1.78. The Morgan fingerprint density at radius 1 is 1.29 bits per heavy atom. The molecule has 0 aromatic heterocycles. The molecule has 6 nitrogen and oxygen atoms in total. The molecule has 7 heteroatoms. The Kier molecular flexibility index (Phi) is 7.87. The number of anilines is 1. The first-order chi connectivity index (χ1) is 14.9. The minimum atomic E-state index is -0.694. The van der Waals surface area contributed by atoms with Gasteiger partial charge in [0.1, 0.15) is 11.6 Å². The van der Waals surface area contributed by atoms with E-state index in [2.05, 4.69) is 22.5 Å². The van der Waals surface area contributed by atoms with Crippen molar-refractivity contribution in [1.29, 1.82) is 0 Å². The maximum atomic E-state index is 13.2. The van der Waals surface area contributed by atoms with Gasteiger partial charge in [-0.15, -0.1) is 0 Å². The first kappa shape index (κ1) is 23.0. The highest BCUT2D eigenvalue weighted by molar-refractivity contribution is 5.89. The first-order valence-corrected chi connectivity index (χ1v) is 10.7. The normalized spacial score (nSPS) is 21.2. The predicted molar refractivity (Wildman–Crippen MR) is 120 cm³/mol. The molecule has 168 valence electrons. The van der Waals surface area contributed by atoms with Crippen LogP contribution in [0.2, 0.25) is 0 Å². The second-order valence-electron chi connectivity index (χ2n) is 8.30. The zero-order valence-corrected chi connectivity index (χ0v) is 18.3. The number of amides is 2. The van der Waals surface area contributed by atoms with E-state index in [1.54, 1.807) is 38.3 Å². The van der Waals surface area contributed by atoms with Crippen molar-refractivity contribution >= 4 is 11.7 Å². The largest absolute Gasteiger partial charge is 0.497 e. The van der Waals surface area contributed by atoms with Crippen LogP contribution in [0.3, 0.4) is 0 Å². The molecular formula is C24H32FN3O3. The van der Waals surface area contributed by atoms with E-state index in [0.717, 1.165) is 24.9 Å². The minimum Gasteiger partial charge on any atom is -0.497 e. The molecule has 0 spiro atoms. The number of carbonyl (C=O) groups excluding carboxylic acids is 1. The number of likely N-dealkylation sites (tertiary alicyclic amines) is 1. The van der Waals surface area contributed by atoms with Crippen molar-refractivity contribution in [3.63, 3.8) is 0 Å². The molecule has 0 bridgehead atoms. The van der Waals surface area contributed by atoms with Crippen molar-refractivity contribution in [2.24, 2.45) is 0 Å². The molecule has 2 amide bonds. The number of halogens is 1. The molecule has 4 atom stereocenters. The Hall–Kier alpha value is -2.64. The molecule has 1 heterocycles. The average Bonchev–Trinajstić information content (AvgIpc) is 2.75. The van der Waals surface area contributed by atoms with Gasteiger partial charge in [0.2, 0.25) is 0 Å². The fourth-order valence-electron chi connectivity index (χ4n) is 4.10. The summed E-state index contributed by atoms with van der Waals surface area (Å²) >= 11 is 0. The van der Waals surface area contributed by atoms with Crippen LogP contribution in [0, 0.1) is 5.82 Å². The maximum Gasteiger partial charge on any atom is 0.319 e. The molecule has 0 saturated carbocycles. The maximum absolute atomic E-state index is 13.2. The van der Waals surface area contributed by atoms with Crippen LogP contribution in [0.5, 0.6) is 5.75 Å². The molecule has 3 N–H and O–H groups in total. The average molecular weight is 430 g/mol. The third-order valence-electron chi connectivity index (χ3n) is 6.04. The quantitative estimate of drug-likeness (QED) is 0.623. The van der Waals surface area contributed by atoms with E-state index in [-0.39, 0.29) is 17.9 Å². The van der Waals surface area contributed by atoms with Crippen LogP contribution < -0.4 is 15.4 Å². The van der Waals surface area contributed by atoms with Crippen LogP contribution in [0.15, 0.2) is 48.5 Å². The van der Waals surface area contributed by atoms with Gasteiger partial charge in [-0.2, -0.15) is 0 Å². The van der Waals surface area contributed by atoms with Gasteiger partial charge in [0.05, 0.1) is 19.3 Å². The lowest BCUT2D eigenvalue weighted by atomic mass is 9.85. The van der Waals surface area contributed by atoms with Gasteiger partial charge in [-0.25, -0.2) is 9.18 Å². The molecule has 0 radical (unpaired) electrons. The lowest BCUT2D eigenvalue weighted by Crippen LogP contribution is -2.51. The number of methoxy groups -OCH3 is 1. The van der Waals surface area contributed by atoms with Gasteiger partial charge >= 0.3 is 6.03 Å². The van der Waals surface area contributed by atoms with Gasteiger partial charge in [0, 0.05) is 24.3 Å². The Bertz CT molecular complexity index is 861. The number of hydrogen-bond donors (Lipinski definition) is 3. The Labute approximate surface area is 183 Å². The van der Waals surface area contributed by atoms with E-state index >= 15 is 0 Å². The van der Waals surface area contributed by atoms with Gasteiger partial charge < -0.3 is 20.5 Å².